The van der Waals surface area contributed by atoms with E-state index in [0.29, 0.717) is 5.75 Å². The van der Waals surface area contributed by atoms with Crippen LogP contribution in [-0.2, 0) is 28.8 Å². The average Bonchev–Trinajstić information content (AvgIpc) is 2.76. The second kappa shape index (κ2) is 16.9. The lowest BCUT2D eigenvalue weighted by Gasteiger charge is -2.24. The van der Waals surface area contributed by atoms with Crippen molar-refractivity contribution in [2.75, 3.05) is 18.6 Å². The summed E-state index contributed by atoms with van der Waals surface area (Å²) in [5.74, 6) is -6.18. The maximum atomic E-state index is 12.8. The Morgan fingerprint density at radius 3 is 1.89 bits per heavy atom. The minimum Gasteiger partial charge on any atom is -0.481 e. The number of carboxylic acid groups (broad SMARTS) is 2. The van der Waals surface area contributed by atoms with E-state index in [1.807, 2.05) is 0 Å². The van der Waals surface area contributed by atoms with E-state index in [1.54, 1.807) is 6.26 Å². The number of nitrogens with zero attached hydrogens (tertiary/aromatic N) is 1. The second-order valence-electron chi connectivity index (χ2n) is 7.63. The molecule has 0 spiro atoms. The molecule has 4 amide bonds. The van der Waals surface area contributed by atoms with E-state index in [4.69, 9.17) is 28.0 Å². The Balaban J connectivity index is 5.46. The number of carboxylic acids is 2. The summed E-state index contributed by atoms with van der Waals surface area (Å²) in [6.07, 6.45) is 0.713. The van der Waals surface area contributed by atoms with Crippen LogP contribution in [0.3, 0.4) is 0 Å². The number of amides is 4. The van der Waals surface area contributed by atoms with Crippen molar-refractivity contribution in [1.29, 1.82) is 0 Å². The van der Waals surface area contributed by atoms with Crippen molar-refractivity contribution in [2.45, 2.75) is 56.3 Å². The Bertz CT molecular complexity index is 836. The molecule has 0 aromatic heterocycles. The Morgan fingerprint density at radius 2 is 1.39 bits per heavy atom. The maximum absolute atomic E-state index is 12.8. The van der Waals surface area contributed by atoms with Gasteiger partial charge in [-0.25, -0.2) is 4.79 Å². The highest BCUT2D eigenvalue weighted by Crippen LogP contribution is 2.06. The highest BCUT2D eigenvalue weighted by atomic mass is 32.2. The molecule has 0 bridgehead atoms. The van der Waals surface area contributed by atoms with E-state index in [0.717, 1.165) is 0 Å². The zero-order chi connectivity index (χ0) is 27.8. The quantitative estimate of drug-likeness (QED) is 0.0462. The number of carbonyl (C=O) groups is 6. The molecule has 0 saturated carbocycles. The number of guanidine groups is 1. The lowest BCUT2D eigenvalue weighted by Crippen LogP contribution is -2.58. The zero-order valence-electron chi connectivity index (χ0n) is 19.8. The molecule has 0 heterocycles. The van der Waals surface area contributed by atoms with Crippen LogP contribution >= 0.6 is 11.8 Å². The number of hydrogen-bond donors (Lipinski definition) is 9. The Morgan fingerprint density at radius 1 is 0.833 bits per heavy atom. The Kier molecular flexibility index (Phi) is 15.2. The van der Waals surface area contributed by atoms with Crippen molar-refractivity contribution in [3.63, 3.8) is 0 Å². The molecule has 0 rings (SSSR count). The molecule has 17 heteroatoms. The smallest absolute Gasteiger partial charge is 0.326 e. The van der Waals surface area contributed by atoms with Crippen LogP contribution < -0.4 is 38.9 Å². The Labute approximate surface area is 211 Å². The van der Waals surface area contributed by atoms with Crippen molar-refractivity contribution >= 4 is 53.3 Å². The molecule has 204 valence electrons. The summed E-state index contributed by atoms with van der Waals surface area (Å²) in [6, 6.07) is -5.56. The molecule has 4 unspecified atom stereocenters. The number of rotatable bonds is 18. The van der Waals surface area contributed by atoms with E-state index in [9.17, 15) is 33.9 Å². The van der Waals surface area contributed by atoms with Crippen LogP contribution in [0.15, 0.2) is 4.99 Å². The normalized spacial score (nSPS) is 13.8. The monoisotopic (exact) mass is 534 g/mol. The van der Waals surface area contributed by atoms with Gasteiger partial charge >= 0.3 is 11.9 Å². The number of aliphatic carboxylic acids is 2. The molecule has 16 nitrogen and oxygen atoms in total. The number of thioether (sulfide) groups is 1. The third-order valence-corrected chi connectivity index (χ3v) is 5.22. The van der Waals surface area contributed by atoms with Gasteiger partial charge < -0.3 is 49.1 Å². The molecule has 4 atom stereocenters. The van der Waals surface area contributed by atoms with Gasteiger partial charge in [-0.15, -0.1) is 0 Å². The van der Waals surface area contributed by atoms with Crippen LogP contribution in [0.4, 0.5) is 0 Å². The minimum absolute atomic E-state index is 0.00285. The van der Waals surface area contributed by atoms with Crippen LogP contribution in [0, 0.1) is 0 Å². The van der Waals surface area contributed by atoms with E-state index in [1.165, 1.54) is 11.8 Å². The summed E-state index contributed by atoms with van der Waals surface area (Å²) in [7, 11) is 0. The van der Waals surface area contributed by atoms with Crippen LogP contribution in [0.2, 0.25) is 0 Å². The van der Waals surface area contributed by atoms with E-state index in [-0.39, 0.29) is 31.8 Å². The minimum atomic E-state index is -1.55. The van der Waals surface area contributed by atoms with Gasteiger partial charge in [0.15, 0.2) is 5.96 Å². The molecular weight excluding hydrogens is 500 g/mol. The molecule has 0 aromatic carbocycles. The number of hydrogen-bond acceptors (Lipinski definition) is 9. The first-order valence-electron chi connectivity index (χ1n) is 10.7. The highest BCUT2D eigenvalue weighted by molar-refractivity contribution is 7.98. The van der Waals surface area contributed by atoms with Gasteiger partial charge in [-0.2, -0.15) is 11.8 Å². The number of nitrogens with two attached hydrogens (primary N) is 4. The lowest BCUT2D eigenvalue weighted by molar-refractivity contribution is -0.142. The molecule has 0 fully saturated rings. The zero-order valence-corrected chi connectivity index (χ0v) is 20.6. The largest absolute Gasteiger partial charge is 0.481 e. The average molecular weight is 535 g/mol. The fourth-order valence-electron chi connectivity index (χ4n) is 2.78. The number of aliphatic imine (C=N–C) groups is 1. The molecule has 0 aliphatic rings. The van der Waals surface area contributed by atoms with Crippen molar-refractivity contribution in [2.24, 2.45) is 27.9 Å². The maximum Gasteiger partial charge on any atom is 0.326 e. The van der Waals surface area contributed by atoms with Crippen molar-refractivity contribution in [3.8, 4) is 0 Å². The van der Waals surface area contributed by atoms with Gasteiger partial charge in [-0.05, 0) is 31.3 Å². The molecule has 0 radical (unpaired) electrons. The van der Waals surface area contributed by atoms with Crippen LogP contribution in [0.25, 0.3) is 0 Å². The standard InChI is InChI=1S/C19H34N8O8S/c1-36-6-4-10(16(32)26-11(18(34)35)3-2-5-24-19(22)23)25-17(33)12(8-13(21)28)27-15(31)9(20)7-14(29)30/h9-12H,2-8,20H2,1H3,(H2,21,28)(H,25,33)(H,26,32)(H,27,31)(H,29,30)(H,34,35)(H4,22,23,24). The SMILES string of the molecule is CSCCC(NC(=O)C(CC(N)=O)NC(=O)C(N)CC(=O)O)C(=O)NC(CCCN=C(N)N)C(=O)O. The van der Waals surface area contributed by atoms with Crippen molar-refractivity contribution in [3.05, 3.63) is 0 Å². The number of primary amides is 1. The van der Waals surface area contributed by atoms with Gasteiger partial charge in [0.25, 0.3) is 0 Å². The van der Waals surface area contributed by atoms with Crippen LogP contribution in [0.5, 0.6) is 0 Å². The van der Waals surface area contributed by atoms with Gasteiger partial charge in [0.1, 0.15) is 18.1 Å². The first-order chi connectivity index (χ1) is 16.8. The van der Waals surface area contributed by atoms with Gasteiger partial charge in [-0.1, -0.05) is 0 Å². The first-order valence-corrected chi connectivity index (χ1v) is 12.1. The topological polar surface area (TPSA) is 295 Å². The fourth-order valence-corrected chi connectivity index (χ4v) is 3.25. The van der Waals surface area contributed by atoms with E-state index in [2.05, 4.69) is 20.9 Å². The molecule has 0 aliphatic carbocycles. The molecule has 36 heavy (non-hydrogen) atoms. The van der Waals surface area contributed by atoms with Gasteiger partial charge in [0, 0.05) is 6.54 Å². The third kappa shape index (κ3) is 14.0. The Hall–Kier alpha value is -3.60. The molecule has 13 N–H and O–H groups in total. The summed E-state index contributed by atoms with van der Waals surface area (Å²) in [5.41, 5.74) is 21.1. The summed E-state index contributed by atoms with van der Waals surface area (Å²) in [5, 5.41) is 25.1. The molecule has 0 aromatic rings. The fraction of sp³-hybridized carbons (Fsp3) is 0.632. The highest BCUT2D eigenvalue weighted by Gasteiger charge is 2.31. The van der Waals surface area contributed by atoms with Gasteiger partial charge in [-0.3, -0.25) is 29.0 Å². The molecule has 0 saturated heterocycles. The van der Waals surface area contributed by atoms with E-state index >= 15 is 0 Å². The van der Waals surface area contributed by atoms with E-state index < -0.39 is 72.6 Å². The van der Waals surface area contributed by atoms with Gasteiger partial charge in [0.05, 0.1) is 18.9 Å². The summed E-state index contributed by atoms with van der Waals surface area (Å²) in [6.45, 7) is 0.146. The summed E-state index contributed by atoms with van der Waals surface area (Å²) >= 11 is 1.36. The van der Waals surface area contributed by atoms with Crippen LogP contribution in [-0.4, -0.2) is 94.5 Å². The summed E-state index contributed by atoms with van der Waals surface area (Å²) < 4.78 is 0. The molecular formula is C19H34N8O8S. The lowest BCUT2D eigenvalue weighted by atomic mass is 10.1. The summed E-state index contributed by atoms with van der Waals surface area (Å²) in [4.78, 5) is 75.2. The van der Waals surface area contributed by atoms with Crippen molar-refractivity contribution < 1.29 is 39.0 Å². The van der Waals surface area contributed by atoms with Crippen molar-refractivity contribution in [1.82, 2.24) is 16.0 Å². The second-order valence-corrected chi connectivity index (χ2v) is 8.61. The third-order valence-electron chi connectivity index (χ3n) is 4.57. The predicted molar refractivity (Wildman–Crippen MR) is 130 cm³/mol. The number of nitrogens with one attached hydrogen (secondary N) is 3. The first kappa shape index (κ1) is 32.4. The number of carbonyl (C=O) groups excluding carboxylic acids is 4. The predicted octanol–water partition coefficient (Wildman–Crippen LogP) is -3.99. The molecule has 0 aliphatic heterocycles. The van der Waals surface area contributed by atoms with Gasteiger partial charge in [0.2, 0.25) is 23.6 Å². The van der Waals surface area contributed by atoms with Crippen LogP contribution in [0.1, 0.15) is 32.1 Å².